The molecule has 0 fully saturated rings. The number of carbonyl (C=O) groups is 1. The fourth-order valence-electron chi connectivity index (χ4n) is 1.51. The summed E-state index contributed by atoms with van der Waals surface area (Å²) in [5, 5.41) is 28.2. The van der Waals surface area contributed by atoms with Gasteiger partial charge in [-0.2, -0.15) is 0 Å². The first-order valence-corrected chi connectivity index (χ1v) is 4.40. The Morgan fingerprint density at radius 3 is 2.33 bits per heavy atom. The molecule has 0 amide bonds. The molecule has 0 saturated heterocycles. The van der Waals surface area contributed by atoms with Gasteiger partial charge in [-0.1, -0.05) is 0 Å². The Bertz CT molecular complexity index is 274. The molecule has 6 heteroatoms. The second-order valence-electron chi connectivity index (χ2n) is 3.24. The topological polar surface area (TPSA) is 96.2 Å². The summed E-state index contributed by atoms with van der Waals surface area (Å²) in [6.45, 7) is 0. The summed E-state index contributed by atoms with van der Waals surface area (Å²) < 4.78 is 9.33. The summed E-state index contributed by atoms with van der Waals surface area (Å²) in [7, 11) is 2.47. The average molecular weight is 218 g/mol. The van der Waals surface area contributed by atoms with E-state index in [0.29, 0.717) is 0 Å². The highest BCUT2D eigenvalue weighted by atomic mass is 16.5. The number of carbonyl (C=O) groups excluding carboxylic acids is 1. The summed E-state index contributed by atoms with van der Waals surface area (Å²) in [5.41, 5.74) is 0.00491. The lowest BCUT2D eigenvalue weighted by Gasteiger charge is -2.33. The van der Waals surface area contributed by atoms with E-state index in [1.54, 1.807) is 0 Å². The molecule has 0 bridgehead atoms. The zero-order valence-electron chi connectivity index (χ0n) is 8.45. The van der Waals surface area contributed by atoms with Crippen molar-refractivity contribution >= 4 is 5.97 Å². The Kier molecular flexibility index (Phi) is 3.81. The Morgan fingerprint density at radius 1 is 1.27 bits per heavy atom. The van der Waals surface area contributed by atoms with Gasteiger partial charge in [0.1, 0.15) is 24.4 Å². The van der Waals surface area contributed by atoms with Crippen LogP contribution in [0.4, 0.5) is 0 Å². The minimum absolute atomic E-state index is 0.00491. The van der Waals surface area contributed by atoms with Gasteiger partial charge in [0.15, 0.2) is 0 Å². The molecule has 0 radical (unpaired) electrons. The van der Waals surface area contributed by atoms with E-state index in [-0.39, 0.29) is 5.57 Å². The van der Waals surface area contributed by atoms with Crippen LogP contribution in [-0.2, 0) is 14.3 Å². The maximum Gasteiger partial charge on any atom is 0.336 e. The summed E-state index contributed by atoms with van der Waals surface area (Å²) >= 11 is 0. The number of esters is 1. The van der Waals surface area contributed by atoms with Gasteiger partial charge in [0.2, 0.25) is 0 Å². The van der Waals surface area contributed by atoms with Crippen LogP contribution < -0.4 is 0 Å². The first kappa shape index (κ1) is 12.1. The van der Waals surface area contributed by atoms with Crippen molar-refractivity contribution in [1.82, 2.24) is 0 Å². The third-order valence-corrected chi connectivity index (χ3v) is 2.34. The smallest absolute Gasteiger partial charge is 0.336 e. The maximum absolute atomic E-state index is 11.3. The fraction of sp³-hybridized carbons (Fsp3) is 0.667. The van der Waals surface area contributed by atoms with Crippen molar-refractivity contribution in [2.45, 2.75) is 24.4 Å². The molecule has 0 aromatic heterocycles. The molecule has 3 N–H and O–H groups in total. The third kappa shape index (κ3) is 2.18. The first-order chi connectivity index (χ1) is 7.02. The molecule has 4 atom stereocenters. The molecule has 1 aliphatic carbocycles. The Hall–Kier alpha value is -0.950. The Labute approximate surface area is 86.7 Å². The van der Waals surface area contributed by atoms with E-state index in [4.69, 9.17) is 4.74 Å². The fourth-order valence-corrected chi connectivity index (χ4v) is 1.51. The lowest BCUT2D eigenvalue weighted by molar-refractivity contribution is -0.143. The van der Waals surface area contributed by atoms with E-state index in [2.05, 4.69) is 4.74 Å². The molecular weight excluding hydrogens is 204 g/mol. The van der Waals surface area contributed by atoms with Crippen molar-refractivity contribution in [3.63, 3.8) is 0 Å². The molecule has 0 heterocycles. The van der Waals surface area contributed by atoms with Crippen molar-refractivity contribution in [2.24, 2.45) is 0 Å². The first-order valence-electron chi connectivity index (χ1n) is 4.40. The zero-order chi connectivity index (χ0) is 11.6. The second-order valence-corrected chi connectivity index (χ2v) is 3.24. The quantitative estimate of drug-likeness (QED) is 0.473. The normalized spacial score (nSPS) is 35.9. The van der Waals surface area contributed by atoms with E-state index in [1.807, 2.05) is 0 Å². The number of ether oxygens (including phenoxy) is 2. The maximum atomic E-state index is 11.3. The van der Waals surface area contributed by atoms with Gasteiger partial charge in [-0.15, -0.1) is 0 Å². The van der Waals surface area contributed by atoms with Gasteiger partial charge >= 0.3 is 5.97 Å². The molecule has 0 unspecified atom stereocenters. The molecule has 0 aromatic rings. The summed E-state index contributed by atoms with van der Waals surface area (Å²) in [4.78, 5) is 11.3. The van der Waals surface area contributed by atoms with E-state index < -0.39 is 30.4 Å². The van der Waals surface area contributed by atoms with Crippen LogP contribution in [0.2, 0.25) is 0 Å². The number of methoxy groups -OCH3 is 2. The lowest BCUT2D eigenvalue weighted by atomic mass is 9.89. The van der Waals surface area contributed by atoms with Crippen molar-refractivity contribution in [3.8, 4) is 0 Å². The van der Waals surface area contributed by atoms with Crippen molar-refractivity contribution in [3.05, 3.63) is 11.6 Å². The van der Waals surface area contributed by atoms with Crippen molar-refractivity contribution in [2.75, 3.05) is 14.2 Å². The standard InChI is InChI=1S/C9H14O6/c1-14-8-4(9(13)15-2)3-5(10)6(11)7(8)12/h3,5-8,10-12H,1-2H3/t5-,6-,7-,8-/m1/s1. The molecule has 0 aliphatic heterocycles. The number of rotatable bonds is 2. The molecule has 1 aliphatic rings. The molecule has 6 nitrogen and oxygen atoms in total. The Morgan fingerprint density at radius 2 is 1.87 bits per heavy atom. The summed E-state index contributed by atoms with van der Waals surface area (Å²) in [6, 6.07) is 0. The monoisotopic (exact) mass is 218 g/mol. The van der Waals surface area contributed by atoms with Crippen LogP contribution >= 0.6 is 0 Å². The van der Waals surface area contributed by atoms with Gasteiger partial charge in [-0.3, -0.25) is 0 Å². The van der Waals surface area contributed by atoms with Crippen LogP contribution in [0.25, 0.3) is 0 Å². The van der Waals surface area contributed by atoms with E-state index in [9.17, 15) is 20.1 Å². The molecular formula is C9H14O6. The van der Waals surface area contributed by atoms with Gasteiger partial charge in [0, 0.05) is 7.11 Å². The van der Waals surface area contributed by atoms with E-state index in [1.165, 1.54) is 14.2 Å². The highest BCUT2D eigenvalue weighted by molar-refractivity contribution is 5.90. The average Bonchev–Trinajstić information content (AvgIpc) is 2.24. The highest BCUT2D eigenvalue weighted by Gasteiger charge is 2.40. The SMILES string of the molecule is COC(=O)C1=C[C@@H](O)[C@@H](O)[C@@H](O)[C@@H]1OC. The van der Waals surface area contributed by atoms with Gasteiger partial charge in [-0.25, -0.2) is 4.79 Å². The third-order valence-electron chi connectivity index (χ3n) is 2.34. The number of aliphatic hydroxyl groups excluding tert-OH is 3. The van der Waals surface area contributed by atoms with Crippen LogP contribution in [0.1, 0.15) is 0 Å². The molecule has 0 spiro atoms. The van der Waals surface area contributed by atoms with Crippen LogP contribution in [-0.4, -0.2) is 59.9 Å². The predicted molar refractivity (Wildman–Crippen MR) is 48.9 cm³/mol. The summed E-state index contributed by atoms with van der Waals surface area (Å²) in [5.74, 6) is -0.702. The second kappa shape index (κ2) is 4.71. The van der Waals surface area contributed by atoms with Crippen molar-refractivity contribution < 1.29 is 29.6 Å². The minimum atomic E-state index is -1.37. The lowest BCUT2D eigenvalue weighted by Crippen LogP contribution is -2.50. The van der Waals surface area contributed by atoms with Crippen LogP contribution in [0.15, 0.2) is 11.6 Å². The van der Waals surface area contributed by atoms with Gasteiger partial charge in [0.25, 0.3) is 0 Å². The molecule has 0 saturated carbocycles. The minimum Gasteiger partial charge on any atom is -0.466 e. The van der Waals surface area contributed by atoms with Gasteiger partial charge < -0.3 is 24.8 Å². The van der Waals surface area contributed by atoms with Crippen LogP contribution in [0, 0.1) is 0 Å². The number of hydrogen-bond acceptors (Lipinski definition) is 6. The largest absolute Gasteiger partial charge is 0.466 e. The summed E-state index contributed by atoms with van der Waals surface area (Å²) in [6.07, 6.45) is -3.90. The van der Waals surface area contributed by atoms with E-state index >= 15 is 0 Å². The molecule has 15 heavy (non-hydrogen) atoms. The number of hydrogen-bond donors (Lipinski definition) is 3. The van der Waals surface area contributed by atoms with Crippen LogP contribution in [0.5, 0.6) is 0 Å². The predicted octanol–water partition coefficient (Wildman–Crippen LogP) is -1.80. The zero-order valence-corrected chi connectivity index (χ0v) is 8.45. The van der Waals surface area contributed by atoms with Gasteiger partial charge in [0.05, 0.1) is 12.7 Å². The van der Waals surface area contributed by atoms with E-state index in [0.717, 1.165) is 6.08 Å². The Balaban J connectivity index is 3.01. The van der Waals surface area contributed by atoms with Crippen molar-refractivity contribution in [1.29, 1.82) is 0 Å². The molecule has 0 aromatic carbocycles. The highest BCUT2D eigenvalue weighted by Crippen LogP contribution is 2.23. The van der Waals surface area contributed by atoms with Crippen LogP contribution in [0.3, 0.4) is 0 Å². The molecule has 86 valence electrons. The number of aliphatic hydroxyl groups is 3. The van der Waals surface area contributed by atoms with Gasteiger partial charge in [-0.05, 0) is 6.08 Å². The molecule has 1 rings (SSSR count).